The van der Waals surface area contributed by atoms with Crippen molar-refractivity contribution in [2.24, 2.45) is 5.41 Å². The second kappa shape index (κ2) is 8.61. The molecule has 1 saturated heterocycles. The van der Waals surface area contributed by atoms with Crippen LogP contribution in [0.4, 0.5) is 26.7 Å². The van der Waals surface area contributed by atoms with Crippen molar-refractivity contribution in [3.63, 3.8) is 0 Å². The van der Waals surface area contributed by atoms with Crippen molar-refractivity contribution in [2.45, 2.75) is 83.9 Å². The Labute approximate surface area is 196 Å². The molecule has 2 amide bonds. The number of nitrogen functional groups attached to an aromatic ring is 1. The van der Waals surface area contributed by atoms with Crippen LogP contribution in [-0.2, 0) is 15.9 Å². The lowest BCUT2D eigenvalue weighted by molar-refractivity contribution is -0.0109. The van der Waals surface area contributed by atoms with Gasteiger partial charge in [0.2, 0.25) is 0 Å². The van der Waals surface area contributed by atoms with Gasteiger partial charge in [0.05, 0.1) is 24.2 Å². The van der Waals surface area contributed by atoms with Crippen LogP contribution in [0, 0.1) is 5.41 Å². The molecule has 1 aliphatic carbocycles. The highest BCUT2D eigenvalue weighted by Crippen LogP contribution is 2.51. The third-order valence-corrected chi connectivity index (χ3v) is 7.63. The molecule has 3 aliphatic rings. The van der Waals surface area contributed by atoms with E-state index < -0.39 is 5.60 Å². The van der Waals surface area contributed by atoms with Crippen LogP contribution >= 0.6 is 0 Å². The number of benzene rings is 1. The lowest BCUT2D eigenvalue weighted by atomic mass is 9.59. The van der Waals surface area contributed by atoms with Crippen LogP contribution in [0.25, 0.3) is 0 Å². The molecule has 3 N–H and O–H groups in total. The van der Waals surface area contributed by atoms with E-state index in [1.807, 2.05) is 44.7 Å². The predicted octanol–water partition coefficient (Wildman–Crippen LogP) is 4.77. The summed E-state index contributed by atoms with van der Waals surface area (Å²) in [6, 6.07) is 4.38. The molecule has 1 aromatic carbocycles. The highest BCUT2D eigenvalue weighted by molar-refractivity contribution is 5.93. The minimum Gasteiger partial charge on any atom is -0.452 e. The molecule has 2 aliphatic heterocycles. The third-order valence-electron chi connectivity index (χ3n) is 7.63. The summed E-state index contributed by atoms with van der Waals surface area (Å²) in [4.78, 5) is 28.3. The molecule has 1 aromatic rings. The maximum absolute atomic E-state index is 12.4. The van der Waals surface area contributed by atoms with Crippen molar-refractivity contribution in [3.8, 4) is 0 Å². The van der Waals surface area contributed by atoms with Crippen LogP contribution in [0.5, 0.6) is 0 Å². The summed E-state index contributed by atoms with van der Waals surface area (Å²) in [5.41, 5.74) is 9.84. The number of methoxy groups -OCH3 is 1. The van der Waals surface area contributed by atoms with E-state index in [1.165, 1.54) is 7.11 Å². The molecule has 2 heterocycles. The lowest BCUT2D eigenvalue weighted by Gasteiger charge is -2.54. The summed E-state index contributed by atoms with van der Waals surface area (Å²) in [7, 11) is 1.41. The number of amides is 2. The largest absolute Gasteiger partial charge is 0.452 e. The molecule has 0 bridgehead atoms. The summed E-state index contributed by atoms with van der Waals surface area (Å²) in [5.74, 6) is 0. The second-order valence-electron chi connectivity index (χ2n) is 10.8. The molecule has 0 radical (unpaired) electrons. The molecule has 33 heavy (non-hydrogen) atoms. The fraction of sp³-hybridized carbons (Fsp3) is 0.680. The average molecular weight is 459 g/mol. The highest BCUT2D eigenvalue weighted by atomic mass is 16.6. The number of carbonyl (C=O) groups is 2. The first-order valence-corrected chi connectivity index (χ1v) is 12.1. The molecular weight excluding hydrogens is 420 g/mol. The number of likely N-dealkylation sites (tertiary alicyclic amines) is 1. The Morgan fingerprint density at radius 3 is 2.39 bits per heavy atom. The highest BCUT2D eigenvalue weighted by Gasteiger charge is 2.49. The zero-order valence-electron chi connectivity index (χ0n) is 20.6. The molecule has 8 nitrogen and oxygen atoms in total. The van der Waals surface area contributed by atoms with E-state index in [2.05, 4.69) is 5.32 Å². The van der Waals surface area contributed by atoms with E-state index in [0.29, 0.717) is 6.04 Å². The van der Waals surface area contributed by atoms with E-state index in [1.54, 1.807) is 4.90 Å². The number of nitrogens with one attached hydrogen (secondary N) is 1. The summed E-state index contributed by atoms with van der Waals surface area (Å²) < 4.78 is 10.5. The van der Waals surface area contributed by atoms with Crippen LogP contribution in [0.15, 0.2) is 12.1 Å². The number of fused-ring (bicyclic) bond motifs is 1. The van der Waals surface area contributed by atoms with Gasteiger partial charge in [0.1, 0.15) is 5.60 Å². The van der Waals surface area contributed by atoms with Crippen molar-refractivity contribution in [2.75, 3.05) is 36.1 Å². The van der Waals surface area contributed by atoms with E-state index >= 15 is 0 Å². The first-order valence-electron chi connectivity index (χ1n) is 12.1. The van der Waals surface area contributed by atoms with Crippen molar-refractivity contribution >= 4 is 29.2 Å². The van der Waals surface area contributed by atoms with Crippen molar-refractivity contribution in [3.05, 3.63) is 17.7 Å². The van der Waals surface area contributed by atoms with Gasteiger partial charge in [0.25, 0.3) is 0 Å². The van der Waals surface area contributed by atoms with Gasteiger partial charge in [-0.25, -0.2) is 9.59 Å². The maximum Gasteiger partial charge on any atom is 0.414 e. The zero-order valence-corrected chi connectivity index (χ0v) is 20.6. The minimum atomic E-state index is -0.474. The smallest absolute Gasteiger partial charge is 0.414 e. The molecule has 2 fully saturated rings. The molecule has 2 atom stereocenters. The maximum atomic E-state index is 12.4. The van der Waals surface area contributed by atoms with Crippen LogP contribution in [0.2, 0.25) is 0 Å². The molecular formula is C25H38N4O4. The Hall–Kier alpha value is -2.64. The van der Waals surface area contributed by atoms with Gasteiger partial charge in [-0.3, -0.25) is 4.90 Å². The minimum absolute atomic E-state index is 0.0771. The Balaban J connectivity index is 1.44. The molecule has 1 unspecified atom stereocenters. The van der Waals surface area contributed by atoms with Crippen molar-refractivity contribution < 1.29 is 19.1 Å². The normalized spacial score (nSPS) is 24.0. The van der Waals surface area contributed by atoms with Gasteiger partial charge in [-0.05, 0) is 83.8 Å². The number of carbonyl (C=O) groups excluding carboxylic acids is 2. The predicted molar refractivity (Wildman–Crippen MR) is 130 cm³/mol. The quantitative estimate of drug-likeness (QED) is 0.620. The SMILES string of the molecule is COC(=O)N1c2ccc(NC3CCC34CCN(C(=O)OC(C)(C)C)CC4)c(N)c2CC[C@@H]1C. The molecule has 182 valence electrons. The third kappa shape index (κ3) is 4.44. The molecule has 4 rings (SSSR count). The van der Waals surface area contributed by atoms with Crippen LogP contribution < -0.4 is 16.0 Å². The lowest BCUT2D eigenvalue weighted by Crippen LogP contribution is -2.56. The fourth-order valence-electron chi connectivity index (χ4n) is 5.53. The number of hydrogen-bond donors (Lipinski definition) is 2. The van der Waals surface area contributed by atoms with E-state index in [9.17, 15) is 9.59 Å². The summed E-state index contributed by atoms with van der Waals surface area (Å²) >= 11 is 0. The Morgan fingerprint density at radius 1 is 1.12 bits per heavy atom. The topological polar surface area (TPSA) is 97.1 Å². The summed E-state index contributed by atoms with van der Waals surface area (Å²) in [6.07, 6.45) is 5.29. The van der Waals surface area contributed by atoms with E-state index in [4.69, 9.17) is 15.2 Å². The first kappa shape index (κ1) is 23.5. The van der Waals surface area contributed by atoms with Gasteiger partial charge in [-0.2, -0.15) is 0 Å². The number of hydrogen-bond acceptors (Lipinski definition) is 6. The summed E-state index contributed by atoms with van der Waals surface area (Å²) in [5, 5.41) is 3.71. The van der Waals surface area contributed by atoms with Gasteiger partial charge in [-0.15, -0.1) is 0 Å². The standard InChI is InChI=1S/C25H38N4O4/c1-16-6-7-17-19(29(16)23(31)32-5)9-8-18(21(17)26)27-20-10-11-25(20)12-14-28(15-13-25)22(30)33-24(2,3)4/h8-9,16,20,27H,6-7,10-15,26H2,1-5H3/t16-,20?/m0/s1. The average Bonchev–Trinajstić information content (AvgIpc) is 2.76. The zero-order chi connectivity index (χ0) is 24.0. The number of piperidine rings is 1. The molecule has 8 heteroatoms. The Kier molecular flexibility index (Phi) is 6.14. The number of rotatable bonds is 2. The number of anilines is 3. The van der Waals surface area contributed by atoms with Crippen LogP contribution in [-0.4, -0.2) is 55.0 Å². The fourth-order valence-corrected chi connectivity index (χ4v) is 5.53. The van der Waals surface area contributed by atoms with Gasteiger partial charge < -0.3 is 25.4 Å². The first-order chi connectivity index (χ1) is 15.5. The molecule has 0 aromatic heterocycles. The Bertz CT molecular complexity index is 918. The number of nitrogens with zero attached hydrogens (tertiary/aromatic N) is 2. The van der Waals surface area contributed by atoms with Crippen LogP contribution in [0.3, 0.4) is 0 Å². The van der Waals surface area contributed by atoms with Gasteiger partial charge in [0, 0.05) is 30.7 Å². The van der Waals surface area contributed by atoms with E-state index in [-0.39, 0.29) is 23.6 Å². The number of ether oxygens (including phenoxy) is 2. The van der Waals surface area contributed by atoms with Gasteiger partial charge in [-0.1, -0.05) is 0 Å². The Morgan fingerprint density at radius 2 is 1.82 bits per heavy atom. The molecule has 1 saturated carbocycles. The van der Waals surface area contributed by atoms with Gasteiger partial charge >= 0.3 is 12.2 Å². The second-order valence-corrected chi connectivity index (χ2v) is 10.8. The van der Waals surface area contributed by atoms with Crippen LogP contribution in [0.1, 0.15) is 65.4 Å². The van der Waals surface area contributed by atoms with Crippen molar-refractivity contribution in [1.82, 2.24) is 4.90 Å². The van der Waals surface area contributed by atoms with Gasteiger partial charge in [0.15, 0.2) is 0 Å². The summed E-state index contributed by atoms with van der Waals surface area (Å²) in [6.45, 7) is 9.17. The van der Waals surface area contributed by atoms with E-state index in [0.717, 1.165) is 74.2 Å². The monoisotopic (exact) mass is 458 g/mol. The van der Waals surface area contributed by atoms with Crippen molar-refractivity contribution in [1.29, 1.82) is 0 Å². The number of nitrogens with two attached hydrogens (primary N) is 1. The molecule has 1 spiro atoms.